The van der Waals surface area contributed by atoms with Gasteiger partial charge in [0.25, 0.3) is 0 Å². The molecule has 1 saturated heterocycles. The Balaban J connectivity index is 1.60. The van der Waals surface area contributed by atoms with Crippen LogP contribution in [0.2, 0.25) is 0 Å². The molecule has 0 saturated carbocycles. The number of aromatic nitrogens is 2. The van der Waals surface area contributed by atoms with E-state index in [1.165, 1.54) is 18.2 Å². The Morgan fingerprint density at radius 3 is 2.73 bits per heavy atom. The quantitative estimate of drug-likeness (QED) is 0.293. The number of halogens is 2. The first-order valence-electron chi connectivity index (χ1n) is 10.4. The van der Waals surface area contributed by atoms with Crippen molar-refractivity contribution in [2.75, 3.05) is 37.7 Å². The topological polar surface area (TPSA) is 105 Å². The second-order valence-electron chi connectivity index (χ2n) is 7.50. The molecule has 1 fully saturated rings. The van der Waals surface area contributed by atoms with Crippen molar-refractivity contribution in [3.63, 3.8) is 0 Å². The molecule has 1 aromatic heterocycles. The van der Waals surface area contributed by atoms with Gasteiger partial charge in [0.15, 0.2) is 5.78 Å². The van der Waals surface area contributed by atoms with Crippen LogP contribution >= 0.6 is 0 Å². The molecule has 0 bridgehead atoms. The number of ketones is 1. The molecule has 4 rings (SSSR count). The lowest BCUT2D eigenvalue weighted by Gasteiger charge is -2.27. The third kappa shape index (κ3) is 5.38. The molecule has 1 atom stereocenters. The number of rotatable bonds is 8. The molecule has 0 amide bonds. The van der Waals surface area contributed by atoms with Crippen molar-refractivity contribution >= 4 is 33.9 Å². The van der Waals surface area contributed by atoms with Crippen LogP contribution in [0.15, 0.2) is 36.5 Å². The van der Waals surface area contributed by atoms with Gasteiger partial charge in [-0.25, -0.2) is 22.7 Å². The SMILES string of the molecule is O=C(c1ccc2ncc(N3CCOCC3)nc2c1)c1c(F)ccc(CCCNS(=O)O)c1F. The molecule has 8 nitrogen and oxygen atoms in total. The van der Waals surface area contributed by atoms with E-state index < -0.39 is 34.2 Å². The summed E-state index contributed by atoms with van der Waals surface area (Å²) in [5.41, 5.74) is 0.628. The Morgan fingerprint density at radius 2 is 1.97 bits per heavy atom. The summed E-state index contributed by atoms with van der Waals surface area (Å²) in [5, 5.41) is 0. The molecule has 11 heteroatoms. The van der Waals surface area contributed by atoms with Gasteiger partial charge in [0.1, 0.15) is 17.5 Å². The summed E-state index contributed by atoms with van der Waals surface area (Å²) in [4.78, 5) is 24.0. The zero-order chi connectivity index (χ0) is 23.4. The second kappa shape index (κ2) is 10.4. The molecule has 2 N–H and O–H groups in total. The molecule has 3 aromatic rings. The number of fused-ring (bicyclic) bond motifs is 1. The van der Waals surface area contributed by atoms with Gasteiger partial charge in [0, 0.05) is 25.2 Å². The summed E-state index contributed by atoms with van der Waals surface area (Å²) in [7, 11) is 0. The number of aryl methyl sites for hydroxylation is 1. The number of nitrogens with zero attached hydrogens (tertiary/aromatic N) is 3. The third-order valence-electron chi connectivity index (χ3n) is 5.37. The summed E-state index contributed by atoms with van der Waals surface area (Å²) in [5.74, 6) is -2.03. The van der Waals surface area contributed by atoms with Crippen molar-refractivity contribution in [1.29, 1.82) is 0 Å². The number of hydrogen-bond acceptors (Lipinski definition) is 6. The average Bonchev–Trinajstić information content (AvgIpc) is 2.82. The van der Waals surface area contributed by atoms with Crippen LogP contribution in [-0.2, 0) is 22.4 Å². The summed E-state index contributed by atoms with van der Waals surface area (Å²) in [6.45, 7) is 2.68. The Morgan fingerprint density at radius 1 is 1.18 bits per heavy atom. The van der Waals surface area contributed by atoms with Crippen LogP contribution in [0, 0.1) is 11.6 Å². The van der Waals surface area contributed by atoms with Crippen molar-refractivity contribution in [1.82, 2.24) is 14.7 Å². The van der Waals surface area contributed by atoms with E-state index in [1.54, 1.807) is 12.3 Å². The number of morpholine rings is 1. The van der Waals surface area contributed by atoms with E-state index in [0.717, 1.165) is 6.07 Å². The predicted molar refractivity (Wildman–Crippen MR) is 119 cm³/mol. The van der Waals surface area contributed by atoms with Gasteiger partial charge < -0.3 is 9.64 Å². The van der Waals surface area contributed by atoms with Crippen LogP contribution in [0.4, 0.5) is 14.6 Å². The van der Waals surface area contributed by atoms with E-state index in [2.05, 4.69) is 14.7 Å². The standard InChI is InChI=1S/C22H22F2N4O4S/c23-16-5-3-14(2-1-7-26-33(30)31)21(24)20(16)22(29)15-4-6-17-18(12-15)27-19(13-25-17)28-8-10-32-11-9-28/h3-6,12-13,26H,1-2,7-11H2,(H,30,31). The molecule has 0 spiro atoms. The van der Waals surface area contributed by atoms with Gasteiger partial charge in [-0.05, 0) is 42.7 Å². The normalized spacial score (nSPS) is 15.1. The molecular weight excluding hydrogens is 454 g/mol. The first-order valence-corrected chi connectivity index (χ1v) is 11.5. The smallest absolute Gasteiger partial charge is 0.231 e. The van der Waals surface area contributed by atoms with E-state index >= 15 is 4.39 Å². The highest BCUT2D eigenvalue weighted by molar-refractivity contribution is 7.77. The highest BCUT2D eigenvalue weighted by Gasteiger charge is 2.22. The predicted octanol–water partition coefficient (Wildman–Crippen LogP) is 2.63. The summed E-state index contributed by atoms with van der Waals surface area (Å²) in [6, 6.07) is 6.89. The zero-order valence-corrected chi connectivity index (χ0v) is 18.4. The maximum Gasteiger partial charge on any atom is 0.231 e. The maximum atomic E-state index is 15.0. The Kier molecular flexibility index (Phi) is 7.33. The Labute approximate surface area is 191 Å². The number of benzene rings is 2. The molecule has 2 aromatic carbocycles. The number of carbonyl (C=O) groups excluding carboxylic acids is 1. The van der Waals surface area contributed by atoms with Crippen molar-refractivity contribution in [2.45, 2.75) is 12.8 Å². The Bertz CT molecular complexity index is 1200. The minimum atomic E-state index is -2.16. The third-order valence-corrected chi connectivity index (χ3v) is 5.82. The summed E-state index contributed by atoms with van der Waals surface area (Å²) < 4.78 is 56.5. The molecule has 1 aliphatic heterocycles. The fraction of sp³-hybridized carbons (Fsp3) is 0.318. The molecule has 2 heterocycles. The Hall–Kier alpha value is -2.86. The number of anilines is 1. The lowest BCUT2D eigenvalue weighted by Crippen LogP contribution is -2.36. The van der Waals surface area contributed by atoms with E-state index in [1.807, 2.05) is 4.90 Å². The van der Waals surface area contributed by atoms with Crippen molar-refractivity contribution in [2.24, 2.45) is 0 Å². The lowest BCUT2D eigenvalue weighted by molar-refractivity contribution is 0.103. The van der Waals surface area contributed by atoms with E-state index in [-0.39, 0.29) is 24.1 Å². The van der Waals surface area contributed by atoms with Gasteiger partial charge in [-0.1, -0.05) is 6.07 Å². The first-order chi connectivity index (χ1) is 15.9. The van der Waals surface area contributed by atoms with Crippen molar-refractivity contribution in [3.05, 3.63) is 64.9 Å². The van der Waals surface area contributed by atoms with Crippen LogP contribution in [-0.4, -0.2) is 57.4 Å². The zero-order valence-electron chi connectivity index (χ0n) is 17.6. The number of nitrogens with one attached hydrogen (secondary N) is 1. The van der Waals surface area contributed by atoms with Crippen LogP contribution in [0.25, 0.3) is 11.0 Å². The number of carbonyl (C=O) groups is 1. The maximum absolute atomic E-state index is 15.0. The van der Waals surface area contributed by atoms with Gasteiger partial charge in [0.05, 0.1) is 36.0 Å². The largest absolute Gasteiger partial charge is 0.378 e. The molecule has 0 radical (unpaired) electrons. The van der Waals surface area contributed by atoms with Crippen molar-refractivity contribution in [3.8, 4) is 0 Å². The number of ether oxygens (including phenoxy) is 1. The van der Waals surface area contributed by atoms with Crippen LogP contribution in [0.1, 0.15) is 27.9 Å². The summed E-state index contributed by atoms with van der Waals surface area (Å²) >= 11 is -2.16. The van der Waals surface area contributed by atoms with E-state index in [4.69, 9.17) is 9.29 Å². The van der Waals surface area contributed by atoms with Crippen LogP contribution in [0.3, 0.4) is 0 Å². The summed E-state index contributed by atoms with van der Waals surface area (Å²) in [6.07, 6.45) is 2.15. The van der Waals surface area contributed by atoms with Gasteiger partial charge in [-0.3, -0.25) is 14.3 Å². The van der Waals surface area contributed by atoms with Gasteiger partial charge in [-0.15, -0.1) is 0 Å². The molecule has 33 heavy (non-hydrogen) atoms. The lowest BCUT2D eigenvalue weighted by atomic mass is 9.97. The first kappa shape index (κ1) is 23.3. The minimum Gasteiger partial charge on any atom is -0.378 e. The van der Waals surface area contributed by atoms with Gasteiger partial charge >= 0.3 is 0 Å². The molecule has 174 valence electrons. The minimum absolute atomic E-state index is 0.100. The van der Waals surface area contributed by atoms with Crippen LogP contribution in [0.5, 0.6) is 0 Å². The number of hydrogen-bond donors (Lipinski definition) is 2. The highest BCUT2D eigenvalue weighted by atomic mass is 32.2. The molecule has 1 unspecified atom stereocenters. The van der Waals surface area contributed by atoms with Crippen LogP contribution < -0.4 is 9.62 Å². The highest BCUT2D eigenvalue weighted by Crippen LogP contribution is 2.24. The monoisotopic (exact) mass is 476 g/mol. The van der Waals surface area contributed by atoms with Crippen molar-refractivity contribution < 1.29 is 27.1 Å². The average molecular weight is 477 g/mol. The molecule has 0 aliphatic carbocycles. The van der Waals surface area contributed by atoms with E-state index in [9.17, 15) is 13.4 Å². The van der Waals surface area contributed by atoms with Gasteiger partial charge in [0.2, 0.25) is 11.3 Å². The second-order valence-corrected chi connectivity index (χ2v) is 8.29. The van der Waals surface area contributed by atoms with E-state index in [0.29, 0.717) is 49.6 Å². The fourth-order valence-electron chi connectivity index (χ4n) is 3.67. The fourth-order valence-corrected chi connectivity index (χ4v) is 3.99. The molecule has 1 aliphatic rings. The molecular formula is C22H22F2N4O4S. The van der Waals surface area contributed by atoms with Gasteiger partial charge in [-0.2, -0.15) is 0 Å².